The molecule has 0 spiro atoms. The number of hydrogen-bond acceptors (Lipinski definition) is 3. The minimum atomic E-state index is -0.840. The summed E-state index contributed by atoms with van der Waals surface area (Å²) in [5.74, 6) is 0. The predicted molar refractivity (Wildman–Crippen MR) is 52.3 cm³/mol. The molecule has 3 N–H and O–H groups in total. The van der Waals surface area contributed by atoms with Crippen LogP contribution in [0.15, 0.2) is 11.4 Å². The molecule has 0 aromatic carbocycles. The second-order valence-corrected chi connectivity index (χ2v) is 4.74. The topological polar surface area (TPSA) is 46.2 Å². The molecule has 3 heteroatoms. The molecule has 0 bridgehead atoms. The van der Waals surface area contributed by atoms with Crippen molar-refractivity contribution in [1.29, 1.82) is 0 Å². The van der Waals surface area contributed by atoms with Crippen molar-refractivity contribution in [1.82, 2.24) is 0 Å². The minimum absolute atomic E-state index is 0.289. The van der Waals surface area contributed by atoms with Crippen LogP contribution in [0.5, 0.6) is 0 Å². The number of hydrogen-bond donors (Lipinski definition) is 2. The van der Waals surface area contributed by atoms with Crippen LogP contribution in [0.4, 0.5) is 0 Å². The normalized spacial score (nSPS) is 14.8. The molecule has 1 aromatic rings. The SMILES string of the molecule is Cc1cc(C(N)C(C)(C)O)cs1. The smallest absolute Gasteiger partial charge is 0.0783 e. The van der Waals surface area contributed by atoms with Gasteiger partial charge in [0.2, 0.25) is 0 Å². The van der Waals surface area contributed by atoms with E-state index in [0.717, 1.165) is 5.56 Å². The first-order valence-electron chi connectivity index (χ1n) is 3.94. The third-order valence-corrected chi connectivity index (χ3v) is 2.75. The van der Waals surface area contributed by atoms with Crippen LogP contribution in [-0.4, -0.2) is 10.7 Å². The maximum Gasteiger partial charge on any atom is 0.0783 e. The fraction of sp³-hybridized carbons (Fsp3) is 0.556. The summed E-state index contributed by atoms with van der Waals surface area (Å²) in [5.41, 5.74) is 6.02. The second kappa shape index (κ2) is 3.17. The molecule has 1 rings (SSSR count). The lowest BCUT2D eigenvalue weighted by atomic mass is 9.95. The van der Waals surface area contributed by atoms with Gasteiger partial charge in [-0.05, 0) is 37.8 Å². The number of aliphatic hydroxyl groups is 1. The van der Waals surface area contributed by atoms with Gasteiger partial charge in [-0.25, -0.2) is 0 Å². The highest BCUT2D eigenvalue weighted by atomic mass is 32.1. The van der Waals surface area contributed by atoms with Crippen LogP contribution in [0.1, 0.15) is 30.3 Å². The Morgan fingerprint density at radius 2 is 2.17 bits per heavy atom. The van der Waals surface area contributed by atoms with Gasteiger partial charge in [-0.15, -0.1) is 11.3 Å². The monoisotopic (exact) mass is 185 g/mol. The number of nitrogens with two attached hydrogens (primary N) is 1. The first-order valence-corrected chi connectivity index (χ1v) is 4.82. The minimum Gasteiger partial charge on any atom is -0.388 e. The van der Waals surface area contributed by atoms with Gasteiger partial charge in [0.05, 0.1) is 11.6 Å². The molecule has 0 saturated heterocycles. The van der Waals surface area contributed by atoms with E-state index < -0.39 is 5.60 Å². The van der Waals surface area contributed by atoms with Crippen molar-refractivity contribution in [3.63, 3.8) is 0 Å². The van der Waals surface area contributed by atoms with Crippen molar-refractivity contribution >= 4 is 11.3 Å². The van der Waals surface area contributed by atoms with E-state index in [1.807, 2.05) is 18.4 Å². The summed E-state index contributed by atoms with van der Waals surface area (Å²) >= 11 is 1.66. The quantitative estimate of drug-likeness (QED) is 0.738. The Bertz CT molecular complexity index is 262. The zero-order valence-electron chi connectivity index (χ0n) is 7.66. The molecule has 0 saturated carbocycles. The average molecular weight is 185 g/mol. The van der Waals surface area contributed by atoms with E-state index in [4.69, 9.17) is 5.73 Å². The Hall–Kier alpha value is -0.380. The summed E-state index contributed by atoms with van der Waals surface area (Å²) < 4.78 is 0. The first kappa shape index (κ1) is 9.71. The summed E-state index contributed by atoms with van der Waals surface area (Å²) in [6, 6.07) is 1.73. The Morgan fingerprint density at radius 3 is 2.50 bits per heavy atom. The Labute approximate surface area is 77.0 Å². The average Bonchev–Trinajstić information content (AvgIpc) is 2.32. The van der Waals surface area contributed by atoms with Gasteiger partial charge in [0.15, 0.2) is 0 Å². The van der Waals surface area contributed by atoms with Crippen LogP contribution in [0, 0.1) is 6.92 Å². The largest absolute Gasteiger partial charge is 0.388 e. The Kier molecular flexibility index (Phi) is 2.56. The molecule has 1 unspecified atom stereocenters. The van der Waals surface area contributed by atoms with Gasteiger partial charge in [0.25, 0.3) is 0 Å². The van der Waals surface area contributed by atoms with E-state index >= 15 is 0 Å². The van der Waals surface area contributed by atoms with Crippen LogP contribution in [0.3, 0.4) is 0 Å². The van der Waals surface area contributed by atoms with E-state index in [2.05, 4.69) is 0 Å². The summed E-state index contributed by atoms with van der Waals surface area (Å²) in [5, 5.41) is 11.6. The van der Waals surface area contributed by atoms with E-state index in [1.165, 1.54) is 4.88 Å². The number of thiophene rings is 1. The maximum atomic E-state index is 9.63. The molecule has 0 aliphatic carbocycles. The van der Waals surface area contributed by atoms with Gasteiger partial charge in [-0.2, -0.15) is 0 Å². The van der Waals surface area contributed by atoms with Crippen molar-refractivity contribution in [2.75, 3.05) is 0 Å². The predicted octanol–water partition coefficient (Wildman–Crippen LogP) is 1.83. The molecule has 1 heterocycles. The third kappa shape index (κ3) is 2.06. The molecule has 68 valence electrons. The maximum absolute atomic E-state index is 9.63. The zero-order chi connectivity index (χ0) is 9.35. The lowest BCUT2D eigenvalue weighted by molar-refractivity contribution is 0.0518. The third-order valence-electron chi connectivity index (χ3n) is 1.87. The highest BCUT2D eigenvalue weighted by molar-refractivity contribution is 7.10. The van der Waals surface area contributed by atoms with Gasteiger partial charge in [0, 0.05) is 4.88 Å². The highest BCUT2D eigenvalue weighted by Gasteiger charge is 2.24. The van der Waals surface area contributed by atoms with Gasteiger partial charge < -0.3 is 10.8 Å². The van der Waals surface area contributed by atoms with Crippen molar-refractivity contribution in [3.8, 4) is 0 Å². The molecular formula is C9H15NOS. The van der Waals surface area contributed by atoms with Crippen LogP contribution in [0.2, 0.25) is 0 Å². The van der Waals surface area contributed by atoms with E-state index in [1.54, 1.807) is 25.2 Å². The standard InChI is InChI=1S/C9H15NOS/c1-6-4-7(5-12-6)8(10)9(2,3)11/h4-5,8,11H,10H2,1-3H3. The molecule has 1 atom stereocenters. The van der Waals surface area contributed by atoms with Crippen molar-refractivity contribution in [3.05, 3.63) is 21.9 Å². The summed E-state index contributed by atoms with van der Waals surface area (Å²) in [6.45, 7) is 5.49. The van der Waals surface area contributed by atoms with Crippen molar-refractivity contribution in [2.45, 2.75) is 32.4 Å². The highest BCUT2D eigenvalue weighted by Crippen LogP contribution is 2.26. The first-order chi connectivity index (χ1) is 5.41. The summed E-state index contributed by atoms with van der Waals surface area (Å²) in [7, 11) is 0. The van der Waals surface area contributed by atoms with E-state index in [0.29, 0.717) is 0 Å². The summed E-state index contributed by atoms with van der Waals surface area (Å²) in [6.07, 6.45) is 0. The molecule has 0 fully saturated rings. The second-order valence-electron chi connectivity index (χ2n) is 3.62. The molecule has 12 heavy (non-hydrogen) atoms. The van der Waals surface area contributed by atoms with Crippen LogP contribution >= 0.6 is 11.3 Å². The van der Waals surface area contributed by atoms with Gasteiger partial charge in [-0.3, -0.25) is 0 Å². The Morgan fingerprint density at radius 1 is 1.58 bits per heavy atom. The van der Waals surface area contributed by atoms with Crippen molar-refractivity contribution in [2.24, 2.45) is 5.73 Å². The Balaban J connectivity index is 2.85. The lowest BCUT2D eigenvalue weighted by Gasteiger charge is -2.24. The van der Waals surface area contributed by atoms with Gasteiger partial charge >= 0.3 is 0 Å². The van der Waals surface area contributed by atoms with Crippen LogP contribution < -0.4 is 5.73 Å². The molecule has 2 nitrogen and oxygen atoms in total. The fourth-order valence-corrected chi connectivity index (χ4v) is 1.78. The number of rotatable bonds is 2. The lowest BCUT2D eigenvalue weighted by Crippen LogP contribution is -2.34. The fourth-order valence-electron chi connectivity index (χ4n) is 1.03. The molecular weight excluding hydrogens is 170 g/mol. The molecule has 0 radical (unpaired) electrons. The molecule has 0 aliphatic rings. The van der Waals surface area contributed by atoms with Crippen LogP contribution in [0.25, 0.3) is 0 Å². The van der Waals surface area contributed by atoms with Gasteiger partial charge in [0.1, 0.15) is 0 Å². The molecule has 1 aromatic heterocycles. The van der Waals surface area contributed by atoms with Gasteiger partial charge in [-0.1, -0.05) is 0 Å². The van der Waals surface area contributed by atoms with Crippen LogP contribution in [-0.2, 0) is 0 Å². The number of aryl methyl sites for hydroxylation is 1. The summed E-state index contributed by atoms with van der Waals surface area (Å²) in [4.78, 5) is 1.23. The molecule has 0 amide bonds. The van der Waals surface area contributed by atoms with E-state index in [9.17, 15) is 5.11 Å². The van der Waals surface area contributed by atoms with Crippen molar-refractivity contribution < 1.29 is 5.11 Å². The molecule has 0 aliphatic heterocycles. The zero-order valence-corrected chi connectivity index (χ0v) is 8.48. The van der Waals surface area contributed by atoms with E-state index in [-0.39, 0.29) is 6.04 Å².